The Labute approximate surface area is 120 Å². The van der Waals surface area contributed by atoms with Gasteiger partial charge in [0.1, 0.15) is 11.7 Å². The smallest absolute Gasteiger partial charge is 0.243 e. The summed E-state index contributed by atoms with van der Waals surface area (Å²) in [5.74, 6) is -1.78. The molecule has 0 radical (unpaired) electrons. The van der Waals surface area contributed by atoms with Gasteiger partial charge < -0.3 is 4.74 Å². The highest BCUT2D eigenvalue weighted by atomic mass is 19.1. The van der Waals surface area contributed by atoms with Gasteiger partial charge >= 0.3 is 0 Å². The molecule has 0 saturated carbocycles. The van der Waals surface area contributed by atoms with E-state index in [1.807, 2.05) is 6.92 Å². The number of hydrogen-bond donors (Lipinski definition) is 2. The summed E-state index contributed by atoms with van der Waals surface area (Å²) in [5.41, 5.74) is 1.85. The minimum absolute atomic E-state index is 0.201. The molecule has 0 bridgehead atoms. The zero-order chi connectivity index (χ0) is 15.0. The predicted molar refractivity (Wildman–Crippen MR) is 73.7 cm³/mol. The third-order valence-corrected chi connectivity index (χ3v) is 3.71. The standard InChI is InChI=1S/C15H13FN4O/c1-2-11-13-12(8-5-3-4-6-10(8)16)9(7-17)14(18)21-15(13)20-19-11/h3-6,9,12,18H,2H2,1H3,(H,19,20). The van der Waals surface area contributed by atoms with E-state index in [1.54, 1.807) is 18.2 Å². The van der Waals surface area contributed by atoms with Gasteiger partial charge in [-0.25, -0.2) is 4.39 Å². The Kier molecular flexibility index (Phi) is 3.18. The monoisotopic (exact) mass is 284 g/mol. The molecule has 1 aromatic carbocycles. The van der Waals surface area contributed by atoms with Gasteiger partial charge in [0.05, 0.1) is 6.07 Å². The molecule has 0 saturated heterocycles. The fourth-order valence-electron chi connectivity index (χ4n) is 2.72. The van der Waals surface area contributed by atoms with E-state index in [0.29, 0.717) is 17.5 Å². The first-order chi connectivity index (χ1) is 10.2. The van der Waals surface area contributed by atoms with E-state index in [-0.39, 0.29) is 11.8 Å². The molecule has 1 aromatic heterocycles. The van der Waals surface area contributed by atoms with Gasteiger partial charge in [0.15, 0.2) is 0 Å². The van der Waals surface area contributed by atoms with Gasteiger partial charge in [-0.1, -0.05) is 25.1 Å². The summed E-state index contributed by atoms with van der Waals surface area (Å²) in [4.78, 5) is 0. The maximum absolute atomic E-state index is 14.2. The van der Waals surface area contributed by atoms with Gasteiger partial charge in [-0.3, -0.25) is 10.5 Å². The second kappa shape index (κ2) is 5.02. The van der Waals surface area contributed by atoms with Gasteiger partial charge in [-0.15, -0.1) is 5.10 Å². The van der Waals surface area contributed by atoms with Crippen LogP contribution in [0.4, 0.5) is 4.39 Å². The van der Waals surface area contributed by atoms with Crippen molar-refractivity contribution in [2.24, 2.45) is 5.92 Å². The fourth-order valence-corrected chi connectivity index (χ4v) is 2.72. The molecular formula is C15H13FN4O. The number of aromatic amines is 1. The molecule has 2 aromatic rings. The van der Waals surface area contributed by atoms with Crippen molar-refractivity contribution in [3.8, 4) is 11.9 Å². The number of rotatable bonds is 2. The first-order valence-electron chi connectivity index (χ1n) is 6.64. The average molecular weight is 284 g/mol. The Balaban J connectivity index is 2.25. The Hall–Kier alpha value is -2.68. The number of nitrogens with one attached hydrogen (secondary N) is 2. The van der Waals surface area contributed by atoms with Crippen LogP contribution in [0.2, 0.25) is 0 Å². The summed E-state index contributed by atoms with van der Waals surface area (Å²) in [6, 6.07) is 8.37. The lowest BCUT2D eigenvalue weighted by atomic mass is 9.79. The predicted octanol–water partition coefficient (Wildman–Crippen LogP) is 2.75. The van der Waals surface area contributed by atoms with Crippen LogP contribution in [0.15, 0.2) is 24.3 Å². The third-order valence-electron chi connectivity index (χ3n) is 3.71. The van der Waals surface area contributed by atoms with Crippen molar-refractivity contribution in [1.82, 2.24) is 10.2 Å². The topological polar surface area (TPSA) is 85.5 Å². The molecule has 21 heavy (non-hydrogen) atoms. The van der Waals surface area contributed by atoms with Gasteiger partial charge in [0.25, 0.3) is 0 Å². The lowest BCUT2D eigenvalue weighted by molar-refractivity contribution is 0.431. The van der Waals surface area contributed by atoms with Gasteiger partial charge in [-0.05, 0) is 18.1 Å². The second-order valence-corrected chi connectivity index (χ2v) is 4.85. The van der Waals surface area contributed by atoms with Crippen molar-refractivity contribution >= 4 is 5.90 Å². The number of benzene rings is 1. The summed E-state index contributed by atoms with van der Waals surface area (Å²) >= 11 is 0. The van der Waals surface area contributed by atoms with Gasteiger partial charge in [-0.2, -0.15) is 5.26 Å². The lowest BCUT2D eigenvalue weighted by Crippen LogP contribution is -2.31. The molecule has 0 fully saturated rings. The number of halogens is 1. The quantitative estimate of drug-likeness (QED) is 0.889. The molecule has 2 unspecified atom stereocenters. The van der Waals surface area contributed by atoms with Gasteiger partial charge in [0.2, 0.25) is 11.8 Å². The number of ether oxygens (including phenoxy) is 1. The van der Waals surface area contributed by atoms with Crippen LogP contribution in [-0.4, -0.2) is 16.1 Å². The lowest BCUT2D eigenvalue weighted by Gasteiger charge is -2.28. The minimum atomic E-state index is -0.864. The Morgan fingerprint density at radius 2 is 2.24 bits per heavy atom. The van der Waals surface area contributed by atoms with E-state index in [1.165, 1.54) is 6.07 Å². The highest BCUT2D eigenvalue weighted by Gasteiger charge is 2.41. The minimum Gasteiger partial charge on any atom is -0.422 e. The SMILES string of the molecule is CCc1[nH]nc2c1C(c1ccccc1F)C(C#N)C(=N)O2. The molecule has 5 nitrogen and oxygen atoms in total. The number of nitriles is 1. The fraction of sp³-hybridized carbons (Fsp3) is 0.267. The van der Waals surface area contributed by atoms with Crippen LogP contribution in [0.25, 0.3) is 0 Å². The third kappa shape index (κ3) is 1.98. The number of hydrogen-bond acceptors (Lipinski definition) is 4. The molecule has 2 atom stereocenters. The van der Waals surface area contributed by atoms with Gasteiger partial charge in [0, 0.05) is 17.2 Å². The van der Waals surface area contributed by atoms with Crippen molar-refractivity contribution in [2.75, 3.05) is 0 Å². The van der Waals surface area contributed by atoms with E-state index in [9.17, 15) is 9.65 Å². The van der Waals surface area contributed by atoms with Crippen molar-refractivity contribution in [3.63, 3.8) is 0 Å². The number of H-pyrrole nitrogens is 1. The number of aromatic nitrogens is 2. The van der Waals surface area contributed by atoms with Crippen LogP contribution in [-0.2, 0) is 6.42 Å². The van der Waals surface area contributed by atoms with Crippen LogP contribution < -0.4 is 4.74 Å². The molecule has 2 N–H and O–H groups in total. The highest BCUT2D eigenvalue weighted by Crippen LogP contribution is 2.43. The van der Waals surface area contributed by atoms with Crippen molar-refractivity contribution in [1.29, 1.82) is 10.7 Å². The zero-order valence-corrected chi connectivity index (χ0v) is 11.4. The normalized spacial score (nSPS) is 20.5. The van der Waals surface area contributed by atoms with Crippen LogP contribution >= 0.6 is 0 Å². The summed E-state index contributed by atoms with van der Waals surface area (Å²) in [5, 5.41) is 24.1. The van der Waals surface area contributed by atoms with E-state index < -0.39 is 17.7 Å². The van der Waals surface area contributed by atoms with Crippen molar-refractivity contribution in [2.45, 2.75) is 19.3 Å². The van der Waals surface area contributed by atoms with E-state index in [0.717, 1.165) is 5.69 Å². The largest absolute Gasteiger partial charge is 0.422 e. The maximum atomic E-state index is 14.2. The van der Waals surface area contributed by atoms with Crippen LogP contribution in [0, 0.1) is 28.5 Å². The number of aryl methyl sites for hydroxylation is 1. The number of nitrogens with zero attached hydrogens (tertiary/aromatic N) is 2. The first-order valence-corrected chi connectivity index (χ1v) is 6.64. The second-order valence-electron chi connectivity index (χ2n) is 4.85. The first kappa shape index (κ1) is 13.3. The molecule has 0 spiro atoms. The molecular weight excluding hydrogens is 271 g/mol. The molecule has 0 aliphatic carbocycles. The molecule has 6 heteroatoms. The zero-order valence-electron chi connectivity index (χ0n) is 11.4. The summed E-state index contributed by atoms with van der Waals surface area (Å²) in [7, 11) is 0. The average Bonchev–Trinajstić information content (AvgIpc) is 2.89. The van der Waals surface area contributed by atoms with Crippen molar-refractivity contribution in [3.05, 3.63) is 46.9 Å². The molecule has 1 aliphatic rings. The molecule has 2 heterocycles. The van der Waals surface area contributed by atoms with E-state index in [4.69, 9.17) is 10.1 Å². The Morgan fingerprint density at radius 3 is 2.90 bits per heavy atom. The van der Waals surface area contributed by atoms with E-state index in [2.05, 4.69) is 16.3 Å². The molecule has 106 valence electrons. The van der Waals surface area contributed by atoms with Crippen molar-refractivity contribution < 1.29 is 9.13 Å². The summed E-state index contributed by atoms with van der Waals surface area (Å²) < 4.78 is 19.5. The van der Waals surface area contributed by atoms with Crippen LogP contribution in [0.3, 0.4) is 0 Å². The molecule has 0 amide bonds. The highest BCUT2D eigenvalue weighted by molar-refractivity contribution is 5.84. The van der Waals surface area contributed by atoms with Crippen LogP contribution in [0.1, 0.15) is 29.7 Å². The molecule has 3 rings (SSSR count). The number of fused-ring (bicyclic) bond motifs is 1. The molecule has 1 aliphatic heterocycles. The summed E-state index contributed by atoms with van der Waals surface area (Å²) in [6.45, 7) is 1.94. The summed E-state index contributed by atoms with van der Waals surface area (Å²) in [6.07, 6.45) is 0.655. The Bertz CT molecular complexity index is 746. The van der Waals surface area contributed by atoms with E-state index >= 15 is 0 Å². The Morgan fingerprint density at radius 1 is 1.48 bits per heavy atom. The maximum Gasteiger partial charge on any atom is 0.243 e. The van der Waals surface area contributed by atoms with Crippen LogP contribution in [0.5, 0.6) is 5.88 Å².